The number of hydrogen-bond acceptors (Lipinski definition) is 8. The Morgan fingerprint density at radius 2 is 1.84 bits per heavy atom. The van der Waals surface area contributed by atoms with E-state index >= 15 is 0 Å². The topological polar surface area (TPSA) is 97.4 Å². The van der Waals surface area contributed by atoms with Crippen molar-refractivity contribution in [3.8, 4) is 5.75 Å². The smallest absolute Gasteiger partial charge is 0.344 e. The Bertz CT molecular complexity index is 1000. The Morgan fingerprint density at radius 3 is 2.54 bits per heavy atom. The van der Waals surface area contributed by atoms with Crippen molar-refractivity contribution in [1.82, 2.24) is 0 Å². The molecule has 7 unspecified atom stereocenters. The minimum Gasteiger partial charge on any atom is -0.482 e. The molecule has 0 spiro atoms. The van der Waals surface area contributed by atoms with E-state index in [1.54, 1.807) is 6.92 Å². The first-order valence-corrected chi connectivity index (χ1v) is 13.8. The highest BCUT2D eigenvalue weighted by Gasteiger charge is 2.75. The molecular formula is C29H38O8. The molecule has 202 valence electrons. The summed E-state index contributed by atoms with van der Waals surface area (Å²) in [6, 6.07) is 7.71. The van der Waals surface area contributed by atoms with E-state index in [-0.39, 0.29) is 31.0 Å². The number of benzene rings is 1. The summed E-state index contributed by atoms with van der Waals surface area (Å²) in [5.41, 5.74) is -0.101. The van der Waals surface area contributed by atoms with Crippen LogP contribution in [-0.2, 0) is 33.3 Å². The molecule has 4 aliphatic rings. The first-order chi connectivity index (χ1) is 17.8. The van der Waals surface area contributed by atoms with Crippen LogP contribution in [0.2, 0.25) is 0 Å². The van der Waals surface area contributed by atoms with Gasteiger partial charge in [-0.05, 0) is 62.6 Å². The summed E-state index contributed by atoms with van der Waals surface area (Å²) in [5.74, 6) is -1.11. The minimum atomic E-state index is -1.32. The van der Waals surface area contributed by atoms with Crippen LogP contribution >= 0.6 is 0 Å². The molecule has 1 saturated heterocycles. The van der Waals surface area contributed by atoms with Crippen molar-refractivity contribution in [2.75, 3.05) is 6.61 Å². The Balaban J connectivity index is 1.14. The first-order valence-electron chi connectivity index (χ1n) is 13.8. The molecule has 0 amide bonds. The van der Waals surface area contributed by atoms with Crippen molar-refractivity contribution in [2.24, 2.45) is 17.3 Å². The van der Waals surface area contributed by atoms with Gasteiger partial charge < -0.3 is 23.7 Å². The van der Waals surface area contributed by atoms with Crippen LogP contribution in [0.3, 0.4) is 0 Å². The maximum absolute atomic E-state index is 13.2. The van der Waals surface area contributed by atoms with Crippen LogP contribution in [-0.4, -0.2) is 49.1 Å². The van der Waals surface area contributed by atoms with E-state index in [9.17, 15) is 14.4 Å². The number of rotatable bonds is 10. The van der Waals surface area contributed by atoms with Gasteiger partial charge >= 0.3 is 17.9 Å². The molecule has 3 saturated carbocycles. The van der Waals surface area contributed by atoms with Gasteiger partial charge in [0.05, 0.1) is 6.10 Å². The van der Waals surface area contributed by atoms with E-state index in [0.717, 1.165) is 32.1 Å². The molecule has 0 aromatic heterocycles. The monoisotopic (exact) mass is 514 g/mol. The highest BCUT2D eigenvalue weighted by molar-refractivity contribution is 6.03. The fourth-order valence-corrected chi connectivity index (χ4v) is 6.64. The Morgan fingerprint density at radius 1 is 1.11 bits per heavy atom. The van der Waals surface area contributed by atoms with Gasteiger partial charge in [-0.15, -0.1) is 0 Å². The molecule has 7 atom stereocenters. The number of esters is 3. The lowest BCUT2D eigenvalue weighted by Crippen LogP contribution is -2.46. The van der Waals surface area contributed by atoms with Crippen molar-refractivity contribution >= 4 is 17.9 Å². The number of carbonyl (C=O) groups excluding carboxylic acids is 3. The zero-order valence-electron chi connectivity index (χ0n) is 22.0. The average molecular weight is 515 g/mol. The van der Waals surface area contributed by atoms with E-state index in [4.69, 9.17) is 23.7 Å². The van der Waals surface area contributed by atoms with Gasteiger partial charge in [-0.2, -0.15) is 0 Å². The fourth-order valence-electron chi connectivity index (χ4n) is 6.64. The van der Waals surface area contributed by atoms with Crippen molar-refractivity contribution in [2.45, 2.75) is 103 Å². The van der Waals surface area contributed by atoms with Crippen molar-refractivity contribution < 1.29 is 38.1 Å². The Labute approximate surface area is 218 Å². The zero-order valence-corrected chi connectivity index (χ0v) is 22.0. The summed E-state index contributed by atoms with van der Waals surface area (Å²) in [4.78, 5) is 38.7. The summed E-state index contributed by atoms with van der Waals surface area (Å²) >= 11 is 0. The normalized spacial score (nSPS) is 32.0. The van der Waals surface area contributed by atoms with Crippen molar-refractivity contribution in [3.63, 3.8) is 0 Å². The van der Waals surface area contributed by atoms with Crippen LogP contribution in [0.25, 0.3) is 0 Å². The number of hydrogen-bond donors (Lipinski definition) is 0. The summed E-state index contributed by atoms with van der Waals surface area (Å²) in [6.45, 7) is 5.78. The quantitative estimate of drug-likeness (QED) is 0.192. The van der Waals surface area contributed by atoms with Gasteiger partial charge in [-0.1, -0.05) is 45.2 Å². The third-order valence-electron chi connectivity index (χ3n) is 8.83. The molecule has 8 heteroatoms. The lowest BCUT2D eigenvalue weighted by Gasteiger charge is -2.32. The maximum Gasteiger partial charge on any atom is 0.344 e. The first kappa shape index (κ1) is 26.0. The van der Waals surface area contributed by atoms with Crippen LogP contribution in [0.5, 0.6) is 5.75 Å². The predicted octanol–water partition coefficient (Wildman–Crippen LogP) is 4.68. The molecule has 0 radical (unpaired) electrons. The highest BCUT2D eigenvalue weighted by Crippen LogP contribution is 2.63. The molecule has 1 heterocycles. The molecule has 37 heavy (non-hydrogen) atoms. The van der Waals surface area contributed by atoms with Crippen LogP contribution < -0.4 is 4.74 Å². The van der Waals surface area contributed by atoms with Crippen LogP contribution in [0.15, 0.2) is 24.3 Å². The molecule has 1 aromatic carbocycles. The summed E-state index contributed by atoms with van der Waals surface area (Å²) in [5, 5.41) is 0. The lowest BCUT2D eigenvalue weighted by molar-refractivity contribution is -0.200. The summed E-state index contributed by atoms with van der Waals surface area (Å²) in [7, 11) is 0. The minimum absolute atomic E-state index is 0.0845. The molecular weight excluding hydrogens is 476 g/mol. The van der Waals surface area contributed by atoms with E-state index < -0.39 is 41.8 Å². The van der Waals surface area contributed by atoms with Gasteiger partial charge in [0.15, 0.2) is 18.3 Å². The number of fused-ring (bicyclic) bond motifs is 1. The standard InChI is InChI=1S/C29H38O8/c1-4-17(2)19-10-12-21(13-11-19)33-16-24(30)36-25-20-14-23-26(25)37-28(32)29(23,15-20)27(31)35-18(3)34-22-8-6-5-7-9-22/h10-13,17-18,20,22-23,25-26H,4-9,14-16H2,1-3H3. The second-order valence-electron chi connectivity index (χ2n) is 11.1. The van der Waals surface area contributed by atoms with E-state index in [1.807, 2.05) is 24.3 Å². The highest BCUT2D eigenvalue weighted by atomic mass is 16.7. The number of carbonyl (C=O) groups is 3. The molecule has 1 aliphatic heterocycles. The van der Waals surface area contributed by atoms with Gasteiger partial charge in [0.1, 0.15) is 18.0 Å². The van der Waals surface area contributed by atoms with Crippen LogP contribution in [0.1, 0.15) is 83.6 Å². The Hall–Kier alpha value is -2.61. The lowest BCUT2D eigenvalue weighted by atomic mass is 9.73. The number of ether oxygens (including phenoxy) is 5. The second-order valence-corrected chi connectivity index (χ2v) is 11.1. The van der Waals surface area contributed by atoms with Crippen LogP contribution in [0.4, 0.5) is 0 Å². The van der Waals surface area contributed by atoms with Gasteiger partial charge in [0, 0.05) is 11.8 Å². The van der Waals surface area contributed by atoms with Crippen LogP contribution in [0, 0.1) is 17.3 Å². The largest absolute Gasteiger partial charge is 0.482 e. The third kappa shape index (κ3) is 4.97. The maximum atomic E-state index is 13.2. The van der Waals surface area contributed by atoms with Gasteiger partial charge in [-0.3, -0.25) is 9.59 Å². The zero-order chi connectivity index (χ0) is 26.2. The fraction of sp³-hybridized carbons (Fsp3) is 0.690. The molecule has 0 N–H and O–H groups in total. The molecule has 3 aliphatic carbocycles. The average Bonchev–Trinajstić information content (AvgIpc) is 3.50. The van der Waals surface area contributed by atoms with Crippen molar-refractivity contribution in [3.05, 3.63) is 29.8 Å². The Kier molecular flexibility index (Phi) is 7.48. The molecule has 8 nitrogen and oxygen atoms in total. The molecule has 5 rings (SSSR count). The van der Waals surface area contributed by atoms with E-state index in [2.05, 4.69) is 13.8 Å². The van der Waals surface area contributed by atoms with Crippen molar-refractivity contribution in [1.29, 1.82) is 0 Å². The van der Waals surface area contributed by atoms with Gasteiger partial charge in [0.25, 0.3) is 0 Å². The van der Waals surface area contributed by atoms with Gasteiger partial charge in [0.2, 0.25) is 0 Å². The molecule has 4 fully saturated rings. The summed E-state index contributed by atoms with van der Waals surface area (Å²) in [6.07, 6.45) is 5.41. The second kappa shape index (κ2) is 10.6. The predicted molar refractivity (Wildman–Crippen MR) is 133 cm³/mol. The third-order valence-corrected chi connectivity index (χ3v) is 8.83. The molecule has 2 bridgehead atoms. The molecule has 1 aromatic rings. The van der Waals surface area contributed by atoms with Gasteiger partial charge in [-0.25, -0.2) is 4.79 Å². The SMILES string of the molecule is CCC(C)c1ccc(OCC(=O)OC2C3CC4C2OC(=O)C4(C(=O)OC(C)OC2CCCCC2)C3)cc1. The summed E-state index contributed by atoms with van der Waals surface area (Å²) < 4.78 is 28.5. The van der Waals surface area contributed by atoms with E-state index in [0.29, 0.717) is 18.1 Å². The van der Waals surface area contributed by atoms with E-state index in [1.165, 1.54) is 12.0 Å².